The maximum atomic E-state index is 14.4. The van der Waals surface area contributed by atoms with Crippen molar-refractivity contribution in [2.24, 2.45) is 4.99 Å². The minimum absolute atomic E-state index is 0.0178. The molecule has 3 aromatic rings. The van der Waals surface area contributed by atoms with Gasteiger partial charge in [0, 0.05) is 24.9 Å². The zero-order valence-electron chi connectivity index (χ0n) is 17.0. The Morgan fingerprint density at radius 3 is 2.42 bits per heavy atom. The van der Waals surface area contributed by atoms with Crippen LogP contribution in [0.25, 0.3) is 0 Å². The lowest BCUT2D eigenvalue weighted by Crippen LogP contribution is -2.42. The number of hydrogen-bond acceptors (Lipinski definition) is 5. The number of nitrogens with one attached hydrogen (secondary N) is 1. The number of rotatable bonds is 5. The van der Waals surface area contributed by atoms with Crippen LogP contribution >= 0.6 is 23.2 Å². The second-order valence-corrected chi connectivity index (χ2v) is 8.15. The van der Waals surface area contributed by atoms with Crippen molar-refractivity contribution in [1.82, 2.24) is 15.4 Å². The third-order valence-corrected chi connectivity index (χ3v) is 5.52. The van der Waals surface area contributed by atoms with Crippen LogP contribution in [0.5, 0.6) is 5.88 Å². The van der Waals surface area contributed by atoms with Gasteiger partial charge in [0.2, 0.25) is 11.0 Å². The van der Waals surface area contributed by atoms with E-state index in [1.165, 1.54) is 24.3 Å². The summed E-state index contributed by atoms with van der Waals surface area (Å²) in [6.07, 6.45) is -3.73. The first-order chi connectivity index (χ1) is 15.6. The largest absolute Gasteiger partial charge is 0.473 e. The number of aliphatic imine (C=N–C) groups is 1. The van der Waals surface area contributed by atoms with E-state index in [9.17, 15) is 17.6 Å². The van der Waals surface area contributed by atoms with Crippen LogP contribution in [-0.2, 0) is 17.9 Å². The lowest BCUT2D eigenvalue weighted by atomic mass is 10.1. The van der Waals surface area contributed by atoms with Crippen molar-refractivity contribution in [1.29, 1.82) is 0 Å². The molecule has 5 nitrogen and oxygen atoms in total. The van der Waals surface area contributed by atoms with E-state index in [0.717, 1.165) is 17.8 Å². The molecule has 1 N–H and O–H groups in total. The highest BCUT2D eigenvalue weighted by Gasteiger charge is 2.41. The molecule has 2 aromatic carbocycles. The number of pyridine rings is 1. The fourth-order valence-electron chi connectivity index (χ4n) is 3.25. The standard InChI is InChI=1S/C22H16Cl2F4N4O/c1-32-20(30-21(24,31-32)19-16(23)3-2-4-17(19)25)14-7-5-13(6-8-14)12-33-18-10-9-15(11-29-18)22(26,27)28/h2-11,31H,12H2,1H3. The summed E-state index contributed by atoms with van der Waals surface area (Å²) in [7, 11) is 1.69. The Bertz CT molecular complexity index is 1170. The monoisotopic (exact) mass is 498 g/mol. The van der Waals surface area contributed by atoms with Crippen LogP contribution < -0.4 is 10.2 Å². The van der Waals surface area contributed by atoms with E-state index < -0.39 is 22.7 Å². The Morgan fingerprint density at radius 1 is 1.09 bits per heavy atom. The smallest absolute Gasteiger partial charge is 0.417 e. The van der Waals surface area contributed by atoms with Crippen molar-refractivity contribution in [2.45, 2.75) is 17.9 Å². The molecule has 0 fully saturated rings. The first kappa shape index (κ1) is 23.3. The molecule has 0 bridgehead atoms. The van der Waals surface area contributed by atoms with Gasteiger partial charge in [-0.15, -0.1) is 0 Å². The molecular weight excluding hydrogens is 483 g/mol. The number of ether oxygens (including phenoxy) is 1. The Hall–Kier alpha value is -2.88. The van der Waals surface area contributed by atoms with Gasteiger partial charge in [0.05, 0.1) is 16.1 Å². The molecule has 0 saturated carbocycles. The summed E-state index contributed by atoms with van der Waals surface area (Å²) in [6, 6.07) is 13.4. The summed E-state index contributed by atoms with van der Waals surface area (Å²) in [5, 5.41) is 0.0934. The van der Waals surface area contributed by atoms with Crippen LogP contribution in [0.2, 0.25) is 5.02 Å². The average Bonchev–Trinajstić information content (AvgIpc) is 3.07. The highest BCUT2D eigenvalue weighted by atomic mass is 35.5. The van der Waals surface area contributed by atoms with Gasteiger partial charge in [0.15, 0.2) is 0 Å². The number of nitrogens with zero attached hydrogens (tertiary/aromatic N) is 3. The summed E-state index contributed by atoms with van der Waals surface area (Å²) in [6.45, 7) is 0.101. The molecule has 1 unspecified atom stereocenters. The predicted molar refractivity (Wildman–Crippen MR) is 116 cm³/mol. The zero-order valence-corrected chi connectivity index (χ0v) is 18.5. The van der Waals surface area contributed by atoms with Crippen molar-refractivity contribution in [3.63, 3.8) is 0 Å². The van der Waals surface area contributed by atoms with Crippen LogP contribution in [0, 0.1) is 5.82 Å². The number of benzene rings is 2. The van der Waals surface area contributed by atoms with Crippen molar-refractivity contribution in [3.8, 4) is 5.88 Å². The second kappa shape index (κ2) is 8.81. The number of alkyl halides is 4. The molecule has 33 heavy (non-hydrogen) atoms. The second-order valence-electron chi connectivity index (χ2n) is 7.19. The summed E-state index contributed by atoms with van der Waals surface area (Å²) in [5.41, 5.74) is 3.53. The number of hydrazine groups is 1. The normalized spacial score (nSPS) is 18.4. The molecule has 1 atom stereocenters. The molecular formula is C22H16Cl2F4N4O. The van der Waals surface area contributed by atoms with Crippen molar-refractivity contribution in [3.05, 3.63) is 93.9 Å². The van der Waals surface area contributed by atoms with Crippen LogP contribution in [0.1, 0.15) is 22.3 Å². The summed E-state index contributed by atoms with van der Waals surface area (Å²) in [5.74, 6) is -0.0566. The first-order valence-electron chi connectivity index (χ1n) is 9.57. The van der Waals surface area contributed by atoms with Crippen LogP contribution in [0.15, 0.2) is 65.8 Å². The van der Waals surface area contributed by atoms with E-state index in [2.05, 4.69) is 15.4 Å². The Balaban J connectivity index is 1.48. The van der Waals surface area contributed by atoms with Gasteiger partial charge in [-0.1, -0.05) is 53.5 Å². The third kappa shape index (κ3) is 4.90. The zero-order chi connectivity index (χ0) is 23.8. The topological polar surface area (TPSA) is 49.8 Å². The molecule has 1 aliphatic rings. The van der Waals surface area contributed by atoms with E-state index in [4.69, 9.17) is 27.9 Å². The molecule has 172 valence electrons. The summed E-state index contributed by atoms with van der Waals surface area (Å²) in [4.78, 5) is 8.13. The molecule has 0 aliphatic carbocycles. The molecule has 0 radical (unpaired) electrons. The van der Waals surface area contributed by atoms with E-state index in [1.54, 1.807) is 36.3 Å². The van der Waals surface area contributed by atoms with Gasteiger partial charge in [0.25, 0.3) is 0 Å². The summed E-state index contributed by atoms with van der Waals surface area (Å²) >= 11 is 12.7. The fourth-order valence-corrected chi connectivity index (χ4v) is 3.99. The van der Waals surface area contributed by atoms with E-state index in [1.807, 2.05) is 0 Å². The predicted octanol–water partition coefficient (Wildman–Crippen LogP) is 5.72. The van der Waals surface area contributed by atoms with Crippen LogP contribution in [0.3, 0.4) is 0 Å². The van der Waals surface area contributed by atoms with Gasteiger partial charge in [-0.25, -0.2) is 14.4 Å². The van der Waals surface area contributed by atoms with Crippen molar-refractivity contribution in [2.75, 3.05) is 7.05 Å². The van der Waals surface area contributed by atoms with Gasteiger partial charge >= 0.3 is 6.18 Å². The van der Waals surface area contributed by atoms with Crippen molar-refractivity contribution < 1.29 is 22.3 Å². The number of hydrogen-bond donors (Lipinski definition) is 1. The van der Waals surface area contributed by atoms with Gasteiger partial charge < -0.3 is 4.74 Å². The number of amidine groups is 1. The van der Waals surface area contributed by atoms with Crippen LogP contribution in [0.4, 0.5) is 17.6 Å². The van der Waals surface area contributed by atoms with Gasteiger partial charge in [-0.2, -0.15) is 18.6 Å². The Labute approximate surface area is 196 Å². The van der Waals surface area contributed by atoms with Gasteiger partial charge in [0.1, 0.15) is 18.3 Å². The van der Waals surface area contributed by atoms with Gasteiger partial charge in [-0.3, -0.25) is 5.01 Å². The lowest BCUT2D eigenvalue weighted by molar-refractivity contribution is -0.137. The maximum absolute atomic E-state index is 14.4. The molecule has 1 aliphatic heterocycles. The Kier molecular flexibility index (Phi) is 6.22. The molecule has 2 heterocycles. The molecule has 0 spiro atoms. The molecule has 1 aromatic heterocycles. The Morgan fingerprint density at radius 2 is 1.82 bits per heavy atom. The lowest BCUT2D eigenvalue weighted by Gasteiger charge is -2.23. The molecule has 0 saturated heterocycles. The maximum Gasteiger partial charge on any atom is 0.417 e. The quantitative estimate of drug-likeness (QED) is 0.277. The van der Waals surface area contributed by atoms with Crippen LogP contribution in [-0.4, -0.2) is 22.9 Å². The third-order valence-electron chi connectivity index (χ3n) is 4.85. The summed E-state index contributed by atoms with van der Waals surface area (Å²) < 4.78 is 57.7. The fraction of sp³-hybridized carbons (Fsp3) is 0.182. The molecule has 4 rings (SSSR count). The number of halogens is 6. The average molecular weight is 499 g/mol. The van der Waals surface area contributed by atoms with E-state index in [0.29, 0.717) is 11.4 Å². The minimum Gasteiger partial charge on any atom is -0.473 e. The molecule has 0 amide bonds. The SMILES string of the molecule is CN1NC(Cl)(c2c(F)cccc2Cl)N=C1c1ccc(COc2ccc(C(F)(F)F)cn2)cc1. The molecule has 11 heteroatoms. The van der Waals surface area contributed by atoms with E-state index >= 15 is 0 Å². The van der Waals surface area contributed by atoms with Crippen molar-refractivity contribution >= 4 is 29.0 Å². The highest BCUT2D eigenvalue weighted by Crippen LogP contribution is 2.38. The number of aromatic nitrogens is 1. The highest BCUT2D eigenvalue weighted by molar-refractivity contribution is 6.33. The van der Waals surface area contributed by atoms with Gasteiger partial charge in [-0.05, 0) is 23.8 Å². The minimum atomic E-state index is -4.45. The van der Waals surface area contributed by atoms with E-state index in [-0.39, 0.29) is 23.1 Å². The first-order valence-corrected chi connectivity index (χ1v) is 10.3.